The normalized spacial score (nSPS) is 38.3. The largest absolute Gasteiger partial charge is 0.359 e. The van der Waals surface area contributed by atoms with Crippen LogP contribution in [0.2, 0.25) is 5.02 Å². The van der Waals surface area contributed by atoms with Gasteiger partial charge in [-0.15, -0.1) is 0 Å². The average molecular weight is 540 g/mol. The van der Waals surface area contributed by atoms with E-state index in [0.29, 0.717) is 22.5 Å². The summed E-state index contributed by atoms with van der Waals surface area (Å²) in [7, 11) is 0. The number of carbonyl (C=O) groups is 3. The van der Waals surface area contributed by atoms with Gasteiger partial charge in [0.05, 0.1) is 17.9 Å². The molecule has 4 fully saturated rings. The SMILES string of the molecule is C[C@H]1[C@H](C)CCC[C@@H]1NC(=O)[C@@H]1N(C2CCCCC2)C(=O)[C@@H]2[C@@H](C(=O)Nc3cccc(Cl)c3)[C@@H]3C=C[C@]21O3. The van der Waals surface area contributed by atoms with Gasteiger partial charge in [-0.1, -0.05) is 75.8 Å². The molecule has 2 saturated carbocycles. The molecule has 1 spiro atoms. The number of benzene rings is 1. The molecular formula is C30H38ClN3O4. The number of rotatable bonds is 5. The zero-order chi connectivity index (χ0) is 26.6. The molecule has 3 amide bonds. The minimum absolute atomic E-state index is 0.0117. The minimum atomic E-state index is -1.12. The summed E-state index contributed by atoms with van der Waals surface area (Å²) in [5.41, 5.74) is -0.545. The van der Waals surface area contributed by atoms with Crippen LogP contribution >= 0.6 is 11.6 Å². The molecule has 38 heavy (non-hydrogen) atoms. The van der Waals surface area contributed by atoms with E-state index in [1.54, 1.807) is 24.3 Å². The maximum absolute atomic E-state index is 14.2. The Bertz CT molecular complexity index is 1150. The Morgan fingerprint density at radius 3 is 2.61 bits per heavy atom. The third kappa shape index (κ3) is 4.17. The highest BCUT2D eigenvalue weighted by Gasteiger charge is 2.73. The molecule has 0 radical (unpaired) electrons. The van der Waals surface area contributed by atoms with E-state index < -0.39 is 29.6 Å². The predicted octanol–water partition coefficient (Wildman–Crippen LogP) is 4.70. The summed E-state index contributed by atoms with van der Waals surface area (Å²) in [5, 5.41) is 6.81. The third-order valence-corrected chi connectivity index (χ3v) is 10.2. The molecule has 8 heteroatoms. The molecule has 2 saturated heterocycles. The molecule has 3 heterocycles. The molecule has 2 N–H and O–H groups in total. The number of nitrogens with one attached hydrogen (secondary N) is 2. The fourth-order valence-corrected chi connectivity index (χ4v) is 7.99. The number of hydrogen-bond donors (Lipinski definition) is 2. The third-order valence-electron chi connectivity index (χ3n) is 9.96. The van der Waals surface area contributed by atoms with Crippen molar-refractivity contribution < 1.29 is 19.1 Å². The molecule has 8 atom stereocenters. The van der Waals surface area contributed by atoms with E-state index in [9.17, 15) is 14.4 Å². The Kier molecular flexibility index (Phi) is 6.79. The van der Waals surface area contributed by atoms with Gasteiger partial charge >= 0.3 is 0 Å². The minimum Gasteiger partial charge on any atom is -0.359 e. The van der Waals surface area contributed by atoms with Crippen molar-refractivity contribution in [1.29, 1.82) is 0 Å². The van der Waals surface area contributed by atoms with E-state index in [0.717, 1.165) is 44.9 Å². The van der Waals surface area contributed by atoms with Crippen molar-refractivity contribution in [3.05, 3.63) is 41.4 Å². The van der Waals surface area contributed by atoms with Crippen LogP contribution in [0.25, 0.3) is 0 Å². The first-order valence-electron chi connectivity index (χ1n) is 14.4. The molecule has 2 bridgehead atoms. The Hall–Kier alpha value is -2.38. The molecule has 7 nitrogen and oxygen atoms in total. The van der Waals surface area contributed by atoms with E-state index in [2.05, 4.69) is 24.5 Å². The fourth-order valence-electron chi connectivity index (χ4n) is 7.80. The molecule has 3 aliphatic heterocycles. The van der Waals surface area contributed by atoms with Crippen molar-refractivity contribution in [3.63, 3.8) is 0 Å². The smallest absolute Gasteiger partial charge is 0.246 e. The first-order chi connectivity index (χ1) is 18.3. The maximum atomic E-state index is 14.2. The number of halogens is 1. The number of carbonyl (C=O) groups excluding carboxylic acids is 3. The highest BCUT2D eigenvalue weighted by molar-refractivity contribution is 6.30. The molecule has 1 aromatic carbocycles. The number of likely N-dealkylation sites (tertiary alicyclic amines) is 1. The lowest BCUT2D eigenvalue weighted by Gasteiger charge is -2.40. The molecule has 0 aromatic heterocycles. The molecule has 6 rings (SSSR count). The average Bonchev–Trinajstić information content (AvgIpc) is 3.54. The van der Waals surface area contributed by atoms with Gasteiger partial charge in [-0.2, -0.15) is 0 Å². The lowest BCUT2D eigenvalue weighted by molar-refractivity contribution is -0.145. The van der Waals surface area contributed by atoms with Gasteiger partial charge in [-0.05, 0) is 49.3 Å². The second-order valence-corrected chi connectivity index (χ2v) is 12.6. The zero-order valence-corrected chi connectivity index (χ0v) is 23.0. The van der Waals surface area contributed by atoms with Crippen molar-refractivity contribution in [1.82, 2.24) is 10.2 Å². The number of fused-ring (bicyclic) bond motifs is 1. The lowest BCUT2D eigenvalue weighted by Crippen LogP contribution is -2.59. The van der Waals surface area contributed by atoms with Crippen molar-refractivity contribution in [2.75, 3.05) is 5.32 Å². The summed E-state index contributed by atoms with van der Waals surface area (Å²) < 4.78 is 6.52. The second kappa shape index (κ2) is 9.98. The van der Waals surface area contributed by atoms with Gasteiger partial charge in [0.15, 0.2) is 0 Å². The van der Waals surface area contributed by atoms with Gasteiger partial charge in [-0.25, -0.2) is 0 Å². The highest BCUT2D eigenvalue weighted by Crippen LogP contribution is 2.56. The maximum Gasteiger partial charge on any atom is 0.246 e. The van der Waals surface area contributed by atoms with Gasteiger partial charge in [0.2, 0.25) is 17.7 Å². The summed E-state index contributed by atoms with van der Waals surface area (Å²) in [5.74, 6) is -1.06. The second-order valence-electron chi connectivity index (χ2n) is 12.1. The Morgan fingerprint density at radius 1 is 1.05 bits per heavy atom. The summed E-state index contributed by atoms with van der Waals surface area (Å²) in [6.45, 7) is 4.46. The number of nitrogens with zero attached hydrogens (tertiary/aromatic N) is 1. The van der Waals surface area contributed by atoms with Crippen LogP contribution in [0.5, 0.6) is 0 Å². The van der Waals surface area contributed by atoms with Crippen LogP contribution in [-0.4, -0.2) is 52.5 Å². The van der Waals surface area contributed by atoms with Gasteiger partial charge < -0.3 is 20.3 Å². The zero-order valence-electron chi connectivity index (χ0n) is 22.2. The number of amides is 3. The van der Waals surface area contributed by atoms with Crippen molar-refractivity contribution in [2.45, 2.75) is 95.0 Å². The van der Waals surface area contributed by atoms with E-state index in [1.165, 1.54) is 6.42 Å². The first-order valence-corrected chi connectivity index (χ1v) is 14.7. The summed E-state index contributed by atoms with van der Waals surface area (Å²) in [4.78, 5) is 43.8. The molecule has 1 aromatic rings. The quantitative estimate of drug-likeness (QED) is 0.531. The summed E-state index contributed by atoms with van der Waals surface area (Å²) >= 11 is 6.13. The fraction of sp³-hybridized carbons (Fsp3) is 0.633. The van der Waals surface area contributed by atoms with Crippen LogP contribution in [0.15, 0.2) is 36.4 Å². The van der Waals surface area contributed by atoms with Crippen LogP contribution in [0.3, 0.4) is 0 Å². The number of ether oxygens (including phenoxy) is 1. The van der Waals surface area contributed by atoms with E-state index in [-0.39, 0.29) is 29.8 Å². The Labute approximate surface area is 229 Å². The predicted molar refractivity (Wildman–Crippen MR) is 145 cm³/mol. The number of hydrogen-bond acceptors (Lipinski definition) is 4. The number of anilines is 1. The summed E-state index contributed by atoms with van der Waals surface area (Å²) in [6, 6.07) is 6.28. The Morgan fingerprint density at radius 2 is 1.84 bits per heavy atom. The standard InChI is InChI=1S/C30H38ClN3O4/c1-17-8-6-13-22(18(17)2)33-28(36)26-30-15-14-23(38-30)24(27(35)32-20-10-7-9-19(31)16-20)25(30)29(37)34(26)21-11-4-3-5-12-21/h7,9-10,14-18,21-26H,3-6,8,11-13H2,1-2H3,(H,32,35)(H,33,36)/t17-,18+,22+,23+,24+,25+,26+,30+/m1/s1. The van der Waals surface area contributed by atoms with Gasteiger partial charge in [0.25, 0.3) is 0 Å². The van der Waals surface area contributed by atoms with E-state index in [1.807, 2.05) is 17.1 Å². The lowest BCUT2D eigenvalue weighted by atomic mass is 9.73. The van der Waals surface area contributed by atoms with Gasteiger partial charge in [0, 0.05) is 22.8 Å². The Balaban J connectivity index is 1.32. The summed E-state index contributed by atoms with van der Waals surface area (Å²) in [6.07, 6.45) is 11.4. The topological polar surface area (TPSA) is 87.7 Å². The molecule has 204 valence electrons. The van der Waals surface area contributed by atoms with Gasteiger partial charge in [-0.3, -0.25) is 14.4 Å². The monoisotopic (exact) mass is 539 g/mol. The van der Waals surface area contributed by atoms with Crippen molar-refractivity contribution in [3.8, 4) is 0 Å². The van der Waals surface area contributed by atoms with Crippen LogP contribution in [0, 0.1) is 23.7 Å². The highest BCUT2D eigenvalue weighted by atomic mass is 35.5. The van der Waals surface area contributed by atoms with Crippen molar-refractivity contribution in [2.24, 2.45) is 23.7 Å². The van der Waals surface area contributed by atoms with Crippen LogP contribution in [0.4, 0.5) is 5.69 Å². The molecule has 5 aliphatic rings. The van der Waals surface area contributed by atoms with E-state index >= 15 is 0 Å². The van der Waals surface area contributed by atoms with Crippen LogP contribution in [0.1, 0.15) is 65.2 Å². The molecular weight excluding hydrogens is 502 g/mol. The molecule has 2 aliphatic carbocycles. The molecule has 0 unspecified atom stereocenters. The van der Waals surface area contributed by atoms with Gasteiger partial charge in [0.1, 0.15) is 11.6 Å². The van der Waals surface area contributed by atoms with Crippen LogP contribution < -0.4 is 10.6 Å². The van der Waals surface area contributed by atoms with Crippen LogP contribution in [-0.2, 0) is 19.1 Å². The first kappa shape index (κ1) is 25.9. The van der Waals surface area contributed by atoms with E-state index in [4.69, 9.17) is 16.3 Å². The van der Waals surface area contributed by atoms with Crippen molar-refractivity contribution >= 4 is 35.0 Å².